The highest BCUT2D eigenvalue weighted by molar-refractivity contribution is 5.78. The number of aromatic nitrogens is 2. The first kappa shape index (κ1) is 18.9. The lowest BCUT2D eigenvalue weighted by Crippen LogP contribution is -2.30. The van der Waals surface area contributed by atoms with Gasteiger partial charge in [-0.2, -0.15) is 5.10 Å². The first-order valence-electron chi connectivity index (χ1n) is 9.37. The van der Waals surface area contributed by atoms with Gasteiger partial charge in [0.15, 0.2) is 5.82 Å². The minimum atomic E-state index is -0.00160. The van der Waals surface area contributed by atoms with E-state index in [2.05, 4.69) is 25.7 Å². The Hall–Kier alpha value is -2.83. The average Bonchev–Trinajstić information content (AvgIpc) is 3.21. The van der Waals surface area contributed by atoms with Gasteiger partial charge in [-0.25, -0.2) is 0 Å². The van der Waals surface area contributed by atoms with Crippen LogP contribution in [-0.2, 0) is 11.2 Å². The van der Waals surface area contributed by atoms with Crippen LogP contribution in [0.3, 0.4) is 0 Å². The fourth-order valence-corrected chi connectivity index (χ4v) is 3.28. The van der Waals surface area contributed by atoms with Crippen LogP contribution < -0.4 is 20.3 Å². The van der Waals surface area contributed by atoms with E-state index in [1.807, 2.05) is 31.2 Å². The SMILES string of the molecule is COc1ccc(CC(=O)NCCNc2cc(N3CCCC3)cnn2)cc1C. The third-order valence-corrected chi connectivity index (χ3v) is 4.69. The Bertz CT molecular complexity index is 775. The first-order chi connectivity index (χ1) is 13.2. The van der Waals surface area contributed by atoms with E-state index < -0.39 is 0 Å². The molecule has 0 spiro atoms. The van der Waals surface area contributed by atoms with E-state index in [0.717, 1.165) is 41.5 Å². The summed E-state index contributed by atoms with van der Waals surface area (Å²) in [5, 5.41) is 14.3. The Balaban J connectivity index is 1.41. The van der Waals surface area contributed by atoms with Gasteiger partial charge in [0.25, 0.3) is 0 Å². The molecule has 1 aromatic carbocycles. The standard InChI is InChI=1S/C20H27N5O2/c1-15-11-16(5-6-18(15)27-2)12-20(26)22-8-7-21-19-13-17(14-23-24-19)25-9-3-4-10-25/h5-6,11,13-14H,3-4,7-10,12H2,1-2H3,(H,21,24)(H,22,26). The van der Waals surface area contributed by atoms with Crippen molar-refractivity contribution >= 4 is 17.4 Å². The van der Waals surface area contributed by atoms with Gasteiger partial charge in [-0.05, 0) is 37.0 Å². The number of hydrogen-bond donors (Lipinski definition) is 2. The molecule has 0 aliphatic carbocycles. The quantitative estimate of drug-likeness (QED) is 0.694. The molecule has 144 valence electrons. The van der Waals surface area contributed by atoms with Crippen molar-refractivity contribution in [1.29, 1.82) is 0 Å². The van der Waals surface area contributed by atoms with E-state index in [-0.39, 0.29) is 5.91 Å². The van der Waals surface area contributed by atoms with Crippen LogP contribution in [0.2, 0.25) is 0 Å². The molecule has 1 amide bonds. The van der Waals surface area contributed by atoms with Gasteiger partial charge in [-0.15, -0.1) is 5.10 Å². The number of hydrogen-bond acceptors (Lipinski definition) is 6. The highest BCUT2D eigenvalue weighted by Gasteiger charge is 2.13. The molecule has 7 nitrogen and oxygen atoms in total. The molecule has 0 unspecified atom stereocenters. The highest BCUT2D eigenvalue weighted by atomic mass is 16.5. The summed E-state index contributed by atoms with van der Waals surface area (Å²) in [4.78, 5) is 14.4. The lowest BCUT2D eigenvalue weighted by Gasteiger charge is -2.17. The molecule has 1 aliphatic rings. The topological polar surface area (TPSA) is 79.4 Å². The molecule has 0 radical (unpaired) electrons. The number of ether oxygens (including phenoxy) is 1. The van der Waals surface area contributed by atoms with Crippen molar-refractivity contribution in [3.8, 4) is 5.75 Å². The molecule has 2 aromatic rings. The minimum absolute atomic E-state index is 0.00160. The van der Waals surface area contributed by atoms with Gasteiger partial charge < -0.3 is 20.3 Å². The number of carbonyl (C=O) groups is 1. The van der Waals surface area contributed by atoms with Crippen molar-refractivity contribution in [2.45, 2.75) is 26.2 Å². The molecule has 2 N–H and O–H groups in total. The van der Waals surface area contributed by atoms with Crippen LogP contribution in [-0.4, -0.2) is 49.4 Å². The molecule has 0 bridgehead atoms. The van der Waals surface area contributed by atoms with E-state index in [1.165, 1.54) is 12.8 Å². The van der Waals surface area contributed by atoms with Crippen LogP contribution in [0.1, 0.15) is 24.0 Å². The molecule has 0 saturated carbocycles. The van der Waals surface area contributed by atoms with Gasteiger partial charge in [0.05, 0.1) is 25.4 Å². The van der Waals surface area contributed by atoms with Gasteiger partial charge in [-0.1, -0.05) is 12.1 Å². The van der Waals surface area contributed by atoms with Crippen molar-refractivity contribution in [2.75, 3.05) is 43.5 Å². The maximum Gasteiger partial charge on any atom is 0.224 e. The third kappa shape index (κ3) is 5.32. The largest absolute Gasteiger partial charge is 0.496 e. The van der Waals surface area contributed by atoms with Crippen LogP contribution in [0, 0.1) is 6.92 Å². The summed E-state index contributed by atoms with van der Waals surface area (Å²) in [5.74, 6) is 1.57. The zero-order valence-electron chi connectivity index (χ0n) is 16.0. The Labute approximate surface area is 160 Å². The summed E-state index contributed by atoms with van der Waals surface area (Å²) in [6.07, 6.45) is 4.61. The number of rotatable bonds is 8. The lowest BCUT2D eigenvalue weighted by atomic mass is 10.1. The van der Waals surface area contributed by atoms with E-state index in [9.17, 15) is 4.79 Å². The number of anilines is 2. The molecule has 1 saturated heterocycles. The van der Waals surface area contributed by atoms with E-state index >= 15 is 0 Å². The van der Waals surface area contributed by atoms with Crippen LogP contribution in [0.25, 0.3) is 0 Å². The zero-order valence-corrected chi connectivity index (χ0v) is 16.0. The second-order valence-electron chi connectivity index (χ2n) is 6.75. The van der Waals surface area contributed by atoms with Crippen LogP contribution in [0.5, 0.6) is 5.75 Å². The maximum atomic E-state index is 12.1. The molecular formula is C20H27N5O2. The van der Waals surface area contributed by atoms with Crippen molar-refractivity contribution in [3.63, 3.8) is 0 Å². The highest BCUT2D eigenvalue weighted by Crippen LogP contribution is 2.21. The molecule has 1 fully saturated rings. The fourth-order valence-electron chi connectivity index (χ4n) is 3.28. The van der Waals surface area contributed by atoms with Gasteiger partial charge in [-0.3, -0.25) is 4.79 Å². The maximum absolute atomic E-state index is 12.1. The minimum Gasteiger partial charge on any atom is -0.496 e. The molecule has 7 heteroatoms. The molecular weight excluding hydrogens is 342 g/mol. The number of nitrogens with zero attached hydrogens (tertiary/aromatic N) is 3. The third-order valence-electron chi connectivity index (χ3n) is 4.69. The monoisotopic (exact) mass is 369 g/mol. The van der Waals surface area contributed by atoms with Crippen LogP contribution >= 0.6 is 0 Å². The molecule has 3 rings (SSSR count). The molecule has 27 heavy (non-hydrogen) atoms. The number of amides is 1. The lowest BCUT2D eigenvalue weighted by molar-refractivity contribution is -0.120. The fraction of sp³-hybridized carbons (Fsp3) is 0.450. The van der Waals surface area contributed by atoms with E-state index in [0.29, 0.717) is 19.5 Å². The summed E-state index contributed by atoms with van der Waals surface area (Å²) >= 11 is 0. The van der Waals surface area contributed by atoms with E-state index in [1.54, 1.807) is 13.3 Å². The Morgan fingerprint density at radius 1 is 1.22 bits per heavy atom. The summed E-state index contributed by atoms with van der Waals surface area (Å²) < 4.78 is 5.24. The van der Waals surface area contributed by atoms with Crippen LogP contribution in [0.15, 0.2) is 30.5 Å². The van der Waals surface area contributed by atoms with Crippen LogP contribution in [0.4, 0.5) is 11.5 Å². The summed E-state index contributed by atoms with van der Waals surface area (Å²) in [6, 6.07) is 7.81. The van der Waals surface area contributed by atoms with Crippen molar-refractivity contribution in [2.24, 2.45) is 0 Å². The molecule has 1 aromatic heterocycles. The predicted octanol–water partition coefficient (Wildman–Crippen LogP) is 2.16. The van der Waals surface area contributed by atoms with Crippen molar-refractivity contribution in [1.82, 2.24) is 15.5 Å². The molecule has 0 atom stereocenters. The van der Waals surface area contributed by atoms with Gasteiger partial charge in [0.1, 0.15) is 5.75 Å². The second-order valence-corrected chi connectivity index (χ2v) is 6.75. The number of benzene rings is 1. The number of aryl methyl sites for hydroxylation is 1. The predicted molar refractivity (Wildman–Crippen MR) is 106 cm³/mol. The summed E-state index contributed by atoms with van der Waals surface area (Å²) in [6.45, 7) is 5.26. The smallest absolute Gasteiger partial charge is 0.224 e. The van der Waals surface area contributed by atoms with Gasteiger partial charge >= 0.3 is 0 Å². The van der Waals surface area contributed by atoms with Gasteiger partial charge in [0, 0.05) is 32.2 Å². The zero-order chi connectivity index (χ0) is 19.1. The first-order valence-corrected chi connectivity index (χ1v) is 9.37. The number of carbonyl (C=O) groups excluding carboxylic acids is 1. The number of methoxy groups -OCH3 is 1. The number of nitrogens with one attached hydrogen (secondary N) is 2. The Kier molecular flexibility index (Phi) is 6.46. The van der Waals surface area contributed by atoms with Crippen molar-refractivity contribution < 1.29 is 9.53 Å². The Morgan fingerprint density at radius 3 is 2.78 bits per heavy atom. The van der Waals surface area contributed by atoms with Gasteiger partial charge in [0.2, 0.25) is 5.91 Å². The normalized spacial score (nSPS) is 13.5. The van der Waals surface area contributed by atoms with Crippen molar-refractivity contribution in [3.05, 3.63) is 41.6 Å². The molecule has 1 aliphatic heterocycles. The summed E-state index contributed by atoms with van der Waals surface area (Å²) in [5.41, 5.74) is 3.10. The van der Waals surface area contributed by atoms with E-state index in [4.69, 9.17) is 4.74 Å². The second kappa shape index (κ2) is 9.21. The Morgan fingerprint density at radius 2 is 2.04 bits per heavy atom. The molecule has 2 heterocycles. The summed E-state index contributed by atoms with van der Waals surface area (Å²) in [7, 11) is 1.65. The average molecular weight is 369 g/mol.